The number of nitrogens with zero attached hydrogens (tertiary/aromatic N) is 5. The third-order valence-electron chi connectivity index (χ3n) is 5.66. The summed E-state index contributed by atoms with van der Waals surface area (Å²) < 4.78 is 18.3. The van der Waals surface area contributed by atoms with Crippen molar-refractivity contribution in [2.45, 2.75) is 6.54 Å². The van der Waals surface area contributed by atoms with E-state index in [0.29, 0.717) is 41.7 Å². The van der Waals surface area contributed by atoms with Crippen molar-refractivity contribution in [2.24, 2.45) is 0 Å². The van der Waals surface area contributed by atoms with E-state index < -0.39 is 0 Å². The van der Waals surface area contributed by atoms with Crippen LogP contribution in [0.5, 0.6) is 17.2 Å². The summed E-state index contributed by atoms with van der Waals surface area (Å²) in [4.78, 5) is 21.3. The van der Waals surface area contributed by atoms with Crippen LogP contribution < -0.4 is 14.2 Å². The van der Waals surface area contributed by atoms with E-state index in [2.05, 4.69) is 24.6 Å². The fraction of sp³-hybridized carbons (Fsp3) is 0.409. The minimum atomic E-state index is -0.0505. The van der Waals surface area contributed by atoms with E-state index in [1.807, 2.05) is 29.6 Å². The number of carbonyl (C=O) groups is 1. The lowest BCUT2D eigenvalue weighted by Crippen LogP contribution is -2.49. The number of imidazole rings is 1. The van der Waals surface area contributed by atoms with Gasteiger partial charge in [-0.3, -0.25) is 14.8 Å². The van der Waals surface area contributed by atoms with Crippen LogP contribution in [-0.4, -0.2) is 89.5 Å². The SMILES string of the molecule is COc1cc(-c2cc(C(=O)N3CCN(CCn4ccnc4)CC3)[nH]n2)cc(OC)c1OC. The van der Waals surface area contributed by atoms with Gasteiger partial charge >= 0.3 is 0 Å². The van der Waals surface area contributed by atoms with Crippen LogP contribution in [0.1, 0.15) is 10.5 Å². The van der Waals surface area contributed by atoms with Gasteiger partial charge in [-0.15, -0.1) is 0 Å². The molecule has 1 amide bonds. The fourth-order valence-corrected chi connectivity index (χ4v) is 3.83. The maximum atomic E-state index is 13.0. The topological polar surface area (TPSA) is 97.7 Å². The molecular formula is C22H28N6O4. The summed E-state index contributed by atoms with van der Waals surface area (Å²) in [5.74, 6) is 1.52. The molecule has 3 heterocycles. The predicted molar refractivity (Wildman–Crippen MR) is 118 cm³/mol. The number of H-pyrrole nitrogens is 1. The molecule has 0 spiro atoms. The third kappa shape index (κ3) is 4.54. The lowest BCUT2D eigenvalue weighted by atomic mass is 10.1. The smallest absolute Gasteiger partial charge is 0.271 e. The van der Waals surface area contributed by atoms with Crippen LogP contribution in [0.15, 0.2) is 36.9 Å². The Labute approximate surface area is 186 Å². The molecule has 1 aliphatic heterocycles. The van der Waals surface area contributed by atoms with E-state index >= 15 is 0 Å². The van der Waals surface area contributed by atoms with Crippen molar-refractivity contribution >= 4 is 5.91 Å². The molecule has 1 aliphatic rings. The zero-order valence-electron chi connectivity index (χ0n) is 18.6. The largest absolute Gasteiger partial charge is 0.493 e. The molecule has 0 radical (unpaired) electrons. The second kappa shape index (κ2) is 9.73. The number of carbonyl (C=O) groups excluding carboxylic acids is 1. The van der Waals surface area contributed by atoms with Crippen LogP contribution in [0.2, 0.25) is 0 Å². The van der Waals surface area contributed by atoms with E-state index in [1.54, 1.807) is 33.6 Å². The number of benzene rings is 1. The van der Waals surface area contributed by atoms with Crippen molar-refractivity contribution in [1.29, 1.82) is 0 Å². The van der Waals surface area contributed by atoms with Crippen molar-refractivity contribution in [3.63, 3.8) is 0 Å². The second-order valence-corrected chi connectivity index (χ2v) is 7.52. The minimum Gasteiger partial charge on any atom is -0.493 e. The number of aromatic nitrogens is 4. The number of nitrogens with one attached hydrogen (secondary N) is 1. The lowest BCUT2D eigenvalue weighted by molar-refractivity contribution is 0.0627. The van der Waals surface area contributed by atoms with Crippen LogP contribution >= 0.6 is 0 Å². The third-order valence-corrected chi connectivity index (χ3v) is 5.66. The maximum absolute atomic E-state index is 13.0. The number of methoxy groups -OCH3 is 3. The Kier molecular flexibility index (Phi) is 6.60. The van der Waals surface area contributed by atoms with Gasteiger partial charge in [-0.2, -0.15) is 5.10 Å². The molecule has 0 atom stereocenters. The first-order valence-corrected chi connectivity index (χ1v) is 10.5. The summed E-state index contributed by atoms with van der Waals surface area (Å²) in [6, 6.07) is 5.38. The summed E-state index contributed by atoms with van der Waals surface area (Å²) >= 11 is 0. The van der Waals surface area contributed by atoms with Gasteiger partial charge in [0.1, 0.15) is 5.69 Å². The fourth-order valence-electron chi connectivity index (χ4n) is 3.83. The Balaban J connectivity index is 1.40. The van der Waals surface area contributed by atoms with Gasteiger partial charge in [0.2, 0.25) is 5.75 Å². The highest BCUT2D eigenvalue weighted by Crippen LogP contribution is 2.40. The first-order valence-electron chi connectivity index (χ1n) is 10.5. The molecule has 0 saturated carbocycles. The van der Waals surface area contributed by atoms with Gasteiger partial charge in [0.15, 0.2) is 11.5 Å². The highest BCUT2D eigenvalue weighted by Gasteiger charge is 2.24. The average molecular weight is 441 g/mol. The van der Waals surface area contributed by atoms with Gasteiger partial charge in [0, 0.05) is 57.2 Å². The molecule has 170 valence electrons. The van der Waals surface area contributed by atoms with E-state index in [4.69, 9.17) is 14.2 Å². The Hall–Kier alpha value is -3.53. The first-order chi connectivity index (χ1) is 15.6. The summed E-state index contributed by atoms with van der Waals surface area (Å²) in [7, 11) is 4.69. The minimum absolute atomic E-state index is 0.0505. The molecule has 0 aliphatic carbocycles. The number of aromatic amines is 1. The number of ether oxygens (including phenoxy) is 3. The zero-order chi connectivity index (χ0) is 22.5. The van der Waals surface area contributed by atoms with Crippen molar-refractivity contribution in [1.82, 2.24) is 29.5 Å². The number of hydrogen-bond donors (Lipinski definition) is 1. The van der Waals surface area contributed by atoms with E-state index in [9.17, 15) is 4.79 Å². The molecule has 4 rings (SSSR count). The van der Waals surface area contributed by atoms with Gasteiger partial charge in [-0.1, -0.05) is 0 Å². The van der Waals surface area contributed by atoms with Crippen molar-refractivity contribution < 1.29 is 19.0 Å². The van der Waals surface area contributed by atoms with Gasteiger partial charge in [0.25, 0.3) is 5.91 Å². The number of rotatable bonds is 8. The van der Waals surface area contributed by atoms with Crippen molar-refractivity contribution in [3.05, 3.63) is 42.6 Å². The molecule has 3 aromatic rings. The predicted octanol–water partition coefficient (Wildman–Crippen LogP) is 1.76. The summed E-state index contributed by atoms with van der Waals surface area (Å²) in [6.45, 7) is 4.88. The van der Waals surface area contributed by atoms with Crippen molar-refractivity contribution in [2.75, 3.05) is 54.1 Å². The van der Waals surface area contributed by atoms with Crippen LogP contribution in [0.3, 0.4) is 0 Å². The Morgan fingerprint density at radius 2 is 1.72 bits per heavy atom. The molecular weight excluding hydrogens is 412 g/mol. The van der Waals surface area contributed by atoms with Gasteiger partial charge < -0.3 is 23.7 Å². The number of hydrogen-bond acceptors (Lipinski definition) is 7. The van der Waals surface area contributed by atoms with E-state index in [-0.39, 0.29) is 5.91 Å². The standard InChI is InChI=1S/C22H28N6O4/c1-30-19-12-16(13-20(31-2)21(19)32-3)17-14-18(25-24-17)22(29)28-10-8-26(9-11-28)6-7-27-5-4-23-15-27/h4-5,12-15H,6-11H2,1-3H3,(H,24,25). The molecule has 0 unspecified atom stereocenters. The van der Waals surface area contributed by atoms with Crippen LogP contribution in [0.4, 0.5) is 0 Å². The van der Waals surface area contributed by atoms with Gasteiger partial charge in [-0.25, -0.2) is 4.98 Å². The molecule has 1 fully saturated rings. The van der Waals surface area contributed by atoms with Crippen LogP contribution in [0.25, 0.3) is 11.3 Å². The summed E-state index contributed by atoms with van der Waals surface area (Å²) in [5.41, 5.74) is 1.85. The normalized spacial score (nSPS) is 14.4. The second-order valence-electron chi connectivity index (χ2n) is 7.52. The van der Waals surface area contributed by atoms with Crippen LogP contribution in [0, 0.1) is 0 Å². The first kappa shape index (κ1) is 21.7. The average Bonchev–Trinajstić information content (AvgIpc) is 3.54. The Morgan fingerprint density at radius 1 is 1.00 bits per heavy atom. The molecule has 10 nitrogen and oxygen atoms in total. The number of amides is 1. The monoisotopic (exact) mass is 440 g/mol. The molecule has 32 heavy (non-hydrogen) atoms. The van der Waals surface area contributed by atoms with Crippen LogP contribution in [-0.2, 0) is 6.54 Å². The molecule has 2 aromatic heterocycles. The van der Waals surface area contributed by atoms with E-state index in [1.165, 1.54) is 0 Å². The lowest BCUT2D eigenvalue weighted by Gasteiger charge is -2.34. The Bertz CT molecular complexity index is 1020. The molecule has 0 bridgehead atoms. The number of piperazine rings is 1. The Morgan fingerprint density at radius 3 is 2.31 bits per heavy atom. The molecule has 1 aromatic carbocycles. The van der Waals surface area contributed by atoms with E-state index in [0.717, 1.165) is 31.7 Å². The highest BCUT2D eigenvalue weighted by molar-refractivity contribution is 5.93. The molecule has 1 N–H and O–H groups in total. The highest BCUT2D eigenvalue weighted by atomic mass is 16.5. The van der Waals surface area contributed by atoms with Gasteiger partial charge in [-0.05, 0) is 18.2 Å². The molecule has 10 heteroatoms. The molecule has 1 saturated heterocycles. The summed E-state index contributed by atoms with van der Waals surface area (Å²) in [5, 5.41) is 7.22. The maximum Gasteiger partial charge on any atom is 0.271 e. The van der Waals surface area contributed by atoms with Gasteiger partial charge in [0.05, 0.1) is 33.4 Å². The van der Waals surface area contributed by atoms with Crippen molar-refractivity contribution in [3.8, 4) is 28.5 Å². The quantitative estimate of drug-likeness (QED) is 0.570. The summed E-state index contributed by atoms with van der Waals surface area (Å²) in [6.07, 6.45) is 5.57. The zero-order valence-corrected chi connectivity index (χ0v) is 18.6.